The minimum Gasteiger partial charge on any atom is -0.550 e. The number of hydrogen-bond acceptors (Lipinski definition) is 6. The van der Waals surface area contributed by atoms with E-state index in [1.165, 1.54) is 0 Å². The number of anilines is 1. The summed E-state index contributed by atoms with van der Waals surface area (Å²) in [6.07, 6.45) is 1.46. The van der Waals surface area contributed by atoms with E-state index < -0.39 is 5.97 Å². The van der Waals surface area contributed by atoms with Crippen LogP contribution in [0.4, 0.5) is 5.95 Å². The number of quaternary nitrogens is 1. The number of likely N-dealkylation sites (N-methyl/N-ethyl adjacent to an activating group) is 1. The maximum absolute atomic E-state index is 11.0. The average molecular weight is 344 g/mol. The smallest absolute Gasteiger partial charge is 0.226 e. The summed E-state index contributed by atoms with van der Waals surface area (Å²) < 4.78 is 6.28. The van der Waals surface area contributed by atoms with Gasteiger partial charge in [0, 0.05) is 24.7 Å². The van der Waals surface area contributed by atoms with Gasteiger partial charge in [-0.2, -0.15) is 4.98 Å². The van der Waals surface area contributed by atoms with Crippen LogP contribution in [0.5, 0.6) is 5.88 Å². The van der Waals surface area contributed by atoms with Gasteiger partial charge in [-0.25, -0.2) is 4.98 Å². The summed E-state index contributed by atoms with van der Waals surface area (Å²) in [5.74, 6) is -0.341. The number of rotatable bonds is 9. The molecule has 1 aromatic heterocycles. The Morgan fingerprint density at radius 2 is 1.96 bits per heavy atom. The number of carbonyl (C=O) groups is 1. The van der Waals surface area contributed by atoms with Crippen LogP contribution in [0.1, 0.15) is 12.0 Å². The number of aromatic nitrogens is 2. The fourth-order valence-electron chi connectivity index (χ4n) is 2.43. The summed E-state index contributed by atoms with van der Waals surface area (Å²) in [5, 5.41) is 14.1. The Morgan fingerprint density at radius 3 is 2.60 bits per heavy atom. The highest BCUT2D eigenvalue weighted by atomic mass is 16.5. The largest absolute Gasteiger partial charge is 0.550 e. The Morgan fingerprint density at radius 1 is 1.24 bits per heavy atom. The molecule has 0 aliphatic rings. The number of ether oxygens (including phenoxy) is 1. The fourth-order valence-corrected chi connectivity index (χ4v) is 2.43. The fraction of sp³-hybridized carbons (Fsp3) is 0.389. The van der Waals surface area contributed by atoms with Crippen LogP contribution in [0.3, 0.4) is 0 Å². The normalized spacial score (nSPS) is 12.4. The predicted octanol–water partition coefficient (Wildman–Crippen LogP) is 0.682. The van der Waals surface area contributed by atoms with Crippen molar-refractivity contribution in [2.45, 2.75) is 19.1 Å². The highest BCUT2D eigenvalue weighted by Crippen LogP contribution is 2.13. The predicted molar refractivity (Wildman–Crippen MR) is 92.7 cm³/mol. The van der Waals surface area contributed by atoms with Gasteiger partial charge < -0.3 is 24.4 Å². The van der Waals surface area contributed by atoms with Gasteiger partial charge in [0.2, 0.25) is 11.8 Å². The van der Waals surface area contributed by atoms with Crippen molar-refractivity contribution >= 4 is 11.9 Å². The first kappa shape index (κ1) is 18.7. The third-order valence-corrected chi connectivity index (χ3v) is 3.37. The molecule has 2 aromatic rings. The van der Waals surface area contributed by atoms with Crippen LogP contribution in [-0.2, 0) is 11.4 Å². The molecule has 2 rings (SSSR count). The molecule has 0 aliphatic carbocycles. The second-order valence-electron chi connectivity index (χ2n) is 6.88. The molecule has 1 heterocycles. The van der Waals surface area contributed by atoms with Crippen molar-refractivity contribution in [3.63, 3.8) is 0 Å². The first-order valence-electron chi connectivity index (χ1n) is 8.08. The van der Waals surface area contributed by atoms with Crippen molar-refractivity contribution < 1.29 is 19.1 Å². The second kappa shape index (κ2) is 8.43. The molecule has 1 N–H and O–H groups in total. The lowest BCUT2D eigenvalue weighted by Gasteiger charge is -2.30. The van der Waals surface area contributed by atoms with Crippen LogP contribution in [0.25, 0.3) is 0 Å². The van der Waals surface area contributed by atoms with Crippen molar-refractivity contribution in [2.75, 3.05) is 33.0 Å². The monoisotopic (exact) mass is 344 g/mol. The van der Waals surface area contributed by atoms with E-state index >= 15 is 0 Å². The molecular formula is C18H24N4O3. The summed E-state index contributed by atoms with van der Waals surface area (Å²) in [6.45, 7) is 0.991. The molecule has 0 amide bonds. The zero-order valence-electron chi connectivity index (χ0n) is 14.8. The van der Waals surface area contributed by atoms with Crippen LogP contribution in [0.15, 0.2) is 42.6 Å². The molecule has 0 spiro atoms. The molecule has 1 aromatic carbocycles. The molecule has 0 fully saturated rings. The number of carboxylic acid groups (broad SMARTS) is 1. The molecule has 0 radical (unpaired) electrons. The van der Waals surface area contributed by atoms with E-state index in [-0.39, 0.29) is 12.5 Å². The maximum atomic E-state index is 11.0. The second-order valence-corrected chi connectivity index (χ2v) is 6.88. The van der Waals surface area contributed by atoms with Crippen LogP contribution in [-0.4, -0.2) is 54.1 Å². The standard InChI is InChI=1S/C18H24N4O3/c1-22(2,3)12-15(11-17(23)24)20-18-19-10-9-16(21-18)25-13-14-7-5-4-6-8-14/h4-10,15H,11-13H2,1-3H3,(H-,19,20,21,23,24). The first-order valence-corrected chi connectivity index (χ1v) is 8.08. The number of nitrogens with zero attached hydrogens (tertiary/aromatic N) is 3. The van der Waals surface area contributed by atoms with Crippen molar-refractivity contribution in [1.29, 1.82) is 0 Å². The molecular weight excluding hydrogens is 320 g/mol. The highest BCUT2D eigenvalue weighted by molar-refractivity contribution is 5.65. The van der Waals surface area contributed by atoms with Crippen LogP contribution in [0, 0.1) is 0 Å². The number of carbonyl (C=O) groups excluding carboxylic acids is 1. The van der Waals surface area contributed by atoms with Crippen LogP contribution in [0.2, 0.25) is 0 Å². The average Bonchev–Trinajstić information content (AvgIpc) is 2.52. The Balaban J connectivity index is 2.01. The van der Waals surface area contributed by atoms with Gasteiger partial charge in [-0.05, 0) is 5.56 Å². The molecule has 1 unspecified atom stereocenters. The van der Waals surface area contributed by atoms with Gasteiger partial charge in [0.1, 0.15) is 6.61 Å². The quantitative estimate of drug-likeness (QED) is 0.673. The van der Waals surface area contributed by atoms with E-state index in [0.717, 1.165) is 5.56 Å². The first-order chi connectivity index (χ1) is 11.8. The summed E-state index contributed by atoms with van der Waals surface area (Å²) in [5.41, 5.74) is 1.04. The zero-order chi connectivity index (χ0) is 18.3. The maximum Gasteiger partial charge on any atom is 0.226 e. The van der Waals surface area contributed by atoms with Gasteiger partial charge in [0.15, 0.2) is 0 Å². The van der Waals surface area contributed by atoms with E-state index in [9.17, 15) is 9.90 Å². The molecule has 7 nitrogen and oxygen atoms in total. The Kier molecular flexibility index (Phi) is 6.30. The topological polar surface area (TPSA) is 87.2 Å². The number of hydrogen-bond donors (Lipinski definition) is 1. The van der Waals surface area contributed by atoms with Gasteiger partial charge in [0.25, 0.3) is 0 Å². The van der Waals surface area contributed by atoms with E-state index in [1.807, 2.05) is 51.5 Å². The Labute approximate surface area is 147 Å². The lowest BCUT2D eigenvalue weighted by molar-refractivity contribution is -0.870. The van der Waals surface area contributed by atoms with Crippen molar-refractivity contribution in [2.24, 2.45) is 0 Å². The van der Waals surface area contributed by atoms with Crippen molar-refractivity contribution in [3.05, 3.63) is 48.2 Å². The van der Waals surface area contributed by atoms with Crippen molar-refractivity contribution in [1.82, 2.24) is 9.97 Å². The molecule has 0 saturated carbocycles. The molecule has 7 heteroatoms. The minimum absolute atomic E-state index is 0.117. The van der Waals surface area contributed by atoms with Gasteiger partial charge in [-0.1, -0.05) is 30.3 Å². The summed E-state index contributed by atoms with van der Waals surface area (Å²) in [6, 6.07) is 11.1. The van der Waals surface area contributed by atoms with Gasteiger partial charge in [-0.3, -0.25) is 0 Å². The third-order valence-electron chi connectivity index (χ3n) is 3.37. The number of aliphatic carboxylic acids is 1. The Bertz CT molecular complexity index is 686. The number of benzene rings is 1. The highest BCUT2D eigenvalue weighted by Gasteiger charge is 2.19. The van der Waals surface area contributed by atoms with Gasteiger partial charge in [0.05, 0.1) is 33.7 Å². The summed E-state index contributed by atoms with van der Waals surface area (Å²) in [4.78, 5) is 19.4. The molecule has 0 aliphatic heterocycles. The summed E-state index contributed by atoms with van der Waals surface area (Å²) >= 11 is 0. The SMILES string of the molecule is C[N+](C)(C)CC(CC(=O)[O-])Nc1nccc(OCc2ccccc2)n1. The third kappa shape index (κ3) is 7.17. The minimum atomic E-state index is -1.11. The van der Waals surface area contributed by atoms with E-state index in [2.05, 4.69) is 15.3 Å². The van der Waals surface area contributed by atoms with Crippen LogP contribution >= 0.6 is 0 Å². The lowest BCUT2D eigenvalue weighted by atomic mass is 10.2. The summed E-state index contributed by atoms with van der Waals surface area (Å²) in [7, 11) is 5.97. The van der Waals surface area contributed by atoms with Gasteiger partial charge in [-0.15, -0.1) is 0 Å². The molecule has 134 valence electrons. The number of nitrogens with one attached hydrogen (secondary N) is 1. The van der Waals surface area contributed by atoms with E-state index in [1.54, 1.807) is 12.3 Å². The molecule has 0 saturated heterocycles. The number of carboxylic acids is 1. The molecule has 25 heavy (non-hydrogen) atoms. The molecule has 1 atom stereocenters. The van der Waals surface area contributed by atoms with E-state index in [4.69, 9.17) is 4.74 Å². The van der Waals surface area contributed by atoms with E-state index in [0.29, 0.717) is 29.5 Å². The van der Waals surface area contributed by atoms with Crippen molar-refractivity contribution in [3.8, 4) is 5.88 Å². The zero-order valence-corrected chi connectivity index (χ0v) is 14.8. The molecule has 0 bridgehead atoms. The van der Waals surface area contributed by atoms with Crippen LogP contribution < -0.4 is 15.2 Å². The lowest BCUT2D eigenvalue weighted by Crippen LogP contribution is -2.46. The Hall–Kier alpha value is -2.67. The van der Waals surface area contributed by atoms with Gasteiger partial charge >= 0.3 is 0 Å².